The summed E-state index contributed by atoms with van der Waals surface area (Å²) in [4.78, 5) is 23.1. The molecule has 0 aromatic rings. The molecule has 2 unspecified atom stereocenters. The number of nitrogens with one attached hydrogen (secondary N) is 1. The number of amides is 1. The highest BCUT2D eigenvalue weighted by Gasteiger charge is 2.36. The predicted molar refractivity (Wildman–Crippen MR) is 71.5 cm³/mol. The fourth-order valence-electron chi connectivity index (χ4n) is 3.44. The molecule has 0 saturated heterocycles. The molecule has 2 aliphatic rings. The summed E-state index contributed by atoms with van der Waals surface area (Å²) in [5.41, 5.74) is 5.88. The van der Waals surface area contributed by atoms with E-state index >= 15 is 0 Å². The summed E-state index contributed by atoms with van der Waals surface area (Å²) in [5, 5.41) is 12.0. The van der Waals surface area contributed by atoms with Gasteiger partial charge < -0.3 is 16.2 Å². The van der Waals surface area contributed by atoms with E-state index in [9.17, 15) is 9.59 Å². The van der Waals surface area contributed by atoms with Crippen LogP contribution in [0.1, 0.15) is 57.8 Å². The van der Waals surface area contributed by atoms with Crippen LogP contribution in [0.4, 0.5) is 0 Å². The van der Waals surface area contributed by atoms with Gasteiger partial charge in [0.1, 0.15) is 0 Å². The monoisotopic (exact) mass is 268 g/mol. The normalized spacial score (nSPS) is 29.9. The minimum Gasteiger partial charge on any atom is -0.481 e. The summed E-state index contributed by atoms with van der Waals surface area (Å²) in [6, 6.07) is -0.211. The van der Waals surface area contributed by atoms with Gasteiger partial charge in [0, 0.05) is 18.0 Å². The van der Waals surface area contributed by atoms with E-state index in [4.69, 9.17) is 10.8 Å². The van der Waals surface area contributed by atoms with Crippen molar-refractivity contribution >= 4 is 11.9 Å². The highest BCUT2D eigenvalue weighted by molar-refractivity contribution is 5.79. The van der Waals surface area contributed by atoms with Gasteiger partial charge in [-0.25, -0.2) is 0 Å². The van der Waals surface area contributed by atoms with Crippen LogP contribution in [0.5, 0.6) is 0 Å². The van der Waals surface area contributed by atoms with Crippen LogP contribution in [0.2, 0.25) is 0 Å². The average molecular weight is 268 g/mol. The van der Waals surface area contributed by atoms with Crippen molar-refractivity contribution in [3.8, 4) is 0 Å². The highest BCUT2D eigenvalue weighted by Crippen LogP contribution is 2.30. The second kappa shape index (κ2) is 5.90. The summed E-state index contributed by atoms with van der Waals surface area (Å²) < 4.78 is 0. The molecule has 0 aromatic heterocycles. The Bertz CT molecular complexity index is 351. The molecule has 108 valence electrons. The fourth-order valence-corrected chi connectivity index (χ4v) is 3.44. The van der Waals surface area contributed by atoms with E-state index in [1.54, 1.807) is 0 Å². The minimum absolute atomic E-state index is 0.0810. The molecule has 19 heavy (non-hydrogen) atoms. The molecular formula is C14H24N2O3. The van der Waals surface area contributed by atoms with E-state index in [0.29, 0.717) is 12.8 Å². The zero-order chi connectivity index (χ0) is 13.9. The van der Waals surface area contributed by atoms with Crippen molar-refractivity contribution in [1.29, 1.82) is 0 Å². The molecule has 2 rings (SSSR count). The van der Waals surface area contributed by atoms with E-state index < -0.39 is 11.9 Å². The van der Waals surface area contributed by atoms with Crippen molar-refractivity contribution in [1.82, 2.24) is 5.32 Å². The summed E-state index contributed by atoms with van der Waals surface area (Å²) in [7, 11) is 0. The Kier molecular flexibility index (Phi) is 4.45. The second-order valence-corrected chi connectivity index (χ2v) is 6.15. The number of aliphatic carboxylic acids is 1. The quantitative estimate of drug-likeness (QED) is 0.718. The molecule has 5 nitrogen and oxygen atoms in total. The van der Waals surface area contributed by atoms with E-state index in [1.807, 2.05) is 0 Å². The maximum absolute atomic E-state index is 12.1. The Morgan fingerprint density at radius 2 is 1.84 bits per heavy atom. The van der Waals surface area contributed by atoms with Gasteiger partial charge in [-0.2, -0.15) is 0 Å². The lowest BCUT2D eigenvalue weighted by atomic mass is 9.80. The standard InChI is InChI=1S/C14H24N2O3/c15-14(7-2-1-3-8-14)9-12(17)16-11-6-4-5-10(11)13(18)19/h10-11H,1-9,15H2,(H,16,17)(H,18,19). The Balaban J connectivity index is 1.85. The van der Waals surface area contributed by atoms with Crippen LogP contribution in [0.25, 0.3) is 0 Å². The first kappa shape index (κ1) is 14.3. The zero-order valence-corrected chi connectivity index (χ0v) is 11.4. The third-order valence-electron chi connectivity index (χ3n) is 4.54. The molecule has 2 atom stereocenters. The van der Waals surface area contributed by atoms with Gasteiger partial charge >= 0.3 is 5.97 Å². The van der Waals surface area contributed by atoms with Crippen molar-refractivity contribution < 1.29 is 14.7 Å². The van der Waals surface area contributed by atoms with Crippen LogP contribution in [0.3, 0.4) is 0 Å². The van der Waals surface area contributed by atoms with Gasteiger partial charge in [0.2, 0.25) is 5.91 Å². The van der Waals surface area contributed by atoms with E-state index in [0.717, 1.165) is 38.5 Å². The molecule has 2 saturated carbocycles. The van der Waals surface area contributed by atoms with Gasteiger partial charge in [-0.05, 0) is 25.7 Å². The van der Waals surface area contributed by atoms with Gasteiger partial charge in [0.15, 0.2) is 0 Å². The van der Waals surface area contributed by atoms with Gasteiger partial charge in [0.05, 0.1) is 5.92 Å². The molecular weight excluding hydrogens is 244 g/mol. The molecule has 0 spiro atoms. The summed E-state index contributed by atoms with van der Waals surface area (Å²) in [5.74, 6) is -1.31. The second-order valence-electron chi connectivity index (χ2n) is 6.15. The van der Waals surface area contributed by atoms with Crippen LogP contribution in [0.15, 0.2) is 0 Å². The van der Waals surface area contributed by atoms with Crippen LogP contribution >= 0.6 is 0 Å². The summed E-state index contributed by atoms with van der Waals surface area (Å²) in [6.45, 7) is 0. The lowest BCUT2D eigenvalue weighted by molar-refractivity contribution is -0.142. The van der Waals surface area contributed by atoms with Crippen molar-refractivity contribution in [2.45, 2.75) is 69.4 Å². The number of carboxylic acid groups (broad SMARTS) is 1. The third kappa shape index (κ3) is 3.69. The maximum atomic E-state index is 12.1. The first-order chi connectivity index (χ1) is 9.00. The van der Waals surface area contributed by atoms with Gasteiger partial charge in [-0.3, -0.25) is 9.59 Å². The molecule has 0 radical (unpaired) electrons. The van der Waals surface area contributed by atoms with Crippen molar-refractivity contribution in [2.24, 2.45) is 11.7 Å². The highest BCUT2D eigenvalue weighted by atomic mass is 16.4. The molecule has 2 fully saturated rings. The number of carbonyl (C=O) groups is 2. The summed E-state index contributed by atoms with van der Waals surface area (Å²) >= 11 is 0. The Morgan fingerprint density at radius 3 is 2.47 bits per heavy atom. The number of hydrogen-bond acceptors (Lipinski definition) is 3. The van der Waals surface area contributed by atoms with Crippen molar-refractivity contribution in [3.63, 3.8) is 0 Å². The number of carbonyl (C=O) groups excluding carboxylic acids is 1. The third-order valence-corrected chi connectivity index (χ3v) is 4.54. The molecule has 0 aromatic carbocycles. The first-order valence-electron chi connectivity index (χ1n) is 7.31. The molecule has 4 N–H and O–H groups in total. The molecule has 1 amide bonds. The van der Waals surface area contributed by atoms with Crippen LogP contribution in [-0.2, 0) is 9.59 Å². The zero-order valence-electron chi connectivity index (χ0n) is 11.4. The summed E-state index contributed by atoms with van der Waals surface area (Å²) in [6.07, 6.45) is 7.79. The Labute approximate surface area is 113 Å². The van der Waals surface area contributed by atoms with E-state index in [2.05, 4.69) is 5.32 Å². The van der Waals surface area contributed by atoms with Gasteiger partial charge in [-0.15, -0.1) is 0 Å². The molecule has 0 heterocycles. The van der Waals surface area contributed by atoms with Crippen LogP contribution < -0.4 is 11.1 Å². The van der Waals surface area contributed by atoms with E-state index in [1.165, 1.54) is 6.42 Å². The maximum Gasteiger partial charge on any atom is 0.308 e. The Hall–Kier alpha value is -1.10. The number of carboxylic acids is 1. The predicted octanol–water partition coefficient (Wildman–Crippen LogP) is 1.41. The molecule has 5 heteroatoms. The number of hydrogen-bond donors (Lipinski definition) is 3. The first-order valence-corrected chi connectivity index (χ1v) is 7.31. The number of rotatable bonds is 4. The molecule has 0 aliphatic heterocycles. The van der Waals surface area contributed by atoms with Crippen molar-refractivity contribution in [2.75, 3.05) is 0 Å². The lowest BCUT2D eigenvalue weighted by Gasteiger charge is -2.33. The Morgan fingerprint density at radius 1 is 1.16 bits per heavy atom. The topological polar surface area (TPSA) is 92.4 Å². The minimum atomic E-state index is -0.803. The average Bonchev–Trinajstić information content (AvgIpc) is 2.77. The van der Waals surface area contributed by atoms with Gasteiger partial charge in [-0.1, -0.05) is 25.7 Å². The van der Waals surface area contributed by atoms with Gasteiger partial charge in [0.25, 0.3) is 0 Å². The van der Waals surface area contributed by atoms with Crippen LogP contribution in [0, 0.1) is 5.92 Å². The lowest BCUT2D eigenvalue weighted by Crippen LogP contribution is -2.48. The van der Waals surface area contributed by atoms with Crippen molar-refractivity contribution in [3.05, 3.63) is 0 Å². The number of nitrogens with two attached hydrogens (primary N) is 1. The SMILES string of the molecule is NC1(CC(=O)NC2CCCC2C(=O)O)CCCCC1. The smallest absolute Gasteiger partial charge is 0.308 e. The van der Waals surface area contributed by atoms with Crippen LogP contribution in [-0.4, -0.2) is 28.6 Å². The molecule has 0 bridgehead atoms. The molecule has 2 aliphatic carbocycles. The largest absolute Gasteiger partial charge is 0.481 e. The van der Waals surface area contributed by atoms with E-state index in [-0.39, 0.29) is 17.5 Å². The fraction of sp³-hybridized carbons (Fsp3) is 0.857.